The molecule has 3 rings (SSSR count). The van der Waals surface area contributed by atoms with E-state index < -0.39 is 18.0 Å². The van der Waals surface area contributed by atoms with Crippen molar-refractivity contribution in [2.24, 2.45) is 5.92 Å². The average Bonchev–Trinajstić information content (AvgIpc) is 3.07. The van der Waals surface area contributed by atoms with Gasteiger partial charge in [0.2, 0.25) is 0 Å². The monoisotopic (exact) mass is 276 g/mol. The second-order valence-electron chi connectivity index (χ2n) is 4.69. The van der Waals surface area contributed by atoms with Gasteiger partial charge in [0.15, 0.2) is 0 Å². The van der Waals surface area contributed by atoms with Crippen LogP contribution in [0, 0.1) is 11.7 Å². The fraction of sp³-hybridized carbons (Fsp3) is 0.286. The number of aromatic nitrogens is 2. The second kappa shape index (κ2) is 5.05. The van der Waals surface area contributed by atoms with Crippen molar-refractivity contribution in [3.63, 3.8) is 0 Å². The molecule has 104 valence electrons. The molecule has 1 saturated heterocycles. The topological polar surface area (TPSA) is 64.3 Å². The largest absolute Gasteiger partial charge is 0.481 e. The Morgan fingerprint density at radius 2 is 2.25 bits per heavy atom. The number of aliphatic carboxylic acids is 1. The summed E-state index contributed by atoms with van der Waals surface area (Å²) in [4.78, 5) is 11.1. The minimum atomic E-state index is -0.883. The highest BCUT2D eigenvalue weighted by molar-refractivity contribution is 5.71. The van der Waals surface area contributed by atoms with Gasteiger partial charge in [-0.3, -0.25) is 4.79 Å². The molecule has 2 aromatic rings. The fourth-order valence-corrected chi connectivity index (χ4v) is 2.42. The molecule has 0 amide bonds. The van der Waals surface area contributed by atoms with E-state index in [-0.39, 0.29) is 5.82 Å². The SMILES string of the molecule is O=C(O)C1CCOC1c1cnn(-c2ccccc2F)c1. The standard InChI is InChI=1S/C14H13FN2O3/c15-11-3-1-2-4-12(11)17-8-9(7-16-17)13-10(14(18)19)5-6-20-13/h1-4,7-8,10,13H,5-6H2,(H,18,19). The van der Waals surface area contributed by atoms with E-state index in [9.17, 15) is 9.18 Å². The summed E-state index contributed by atoms with van der Waals surface area (Å²) in [5.74, 6) is -1.84. The zero-order valence-corrected chi connectivity index (χ0v) is 10.6. The molecule has 1 aliphatic heterocycles. The molecule has 0 radical (unpaired) electrons. The molecule has 0 bridgehead atoms. The Bertz CT molecular complexity index is 641. The van der Waals surface area contributed by atoms with Gasteiger partial charge in [0.25, 0.3) is 0 Å². The first-order valence-corrected chi connectivity index (χ1v) is 6.30. The van der Waals surface area contributed by atoms with Gasteiger partial charge >= 0.3 is 5.97 Å². The van der Waals surface area contributed by atoms with Crippen LogP contribution < -0.4 is 0 Å². The molecule has 1 aromatic heterocycles. The first-order chi connectivity index (χ1) is 9.66. The molecular weight excluding hydrogens is 263 g/mol. The van der Waals surface area contributed by atoms with Crippen LogP contribution in [0.2, 0.25) is 0 Å². The molecule has 0 spiro atoms. The predicted octanol–water partition coefficient (Wildman–Crippen LogP) is 2.17. The molecule has 2 atom stereocenters. The maximum atomic E-state index is 13.7. The highest BCUT2D eigenvalue weighted by Gasteiger charge is 2.36. The summed E-state index contributed by atoms with van der Waals surface area (Å²) in [6, 6.07) is 6.27. The van der Waals surface area contributed by atoms with Gasteiger partial charge in [0.05, 0.1) is 18.2 Å². The molecular formula is C14H13FN2O3. The van der Waals surface area contributed by atoms with Crippen LogP contribution in [-0.2, 0) is 9.53 Å². The number of para-hydroxylation sites is 1. The number of benzene rings is 1. The molecule has 0 saturated carbocycles. The van der Waals surface area contributed by atoms with Crippen molar-refractivity contribution in [2.45, 2.75) is 12.5 Å². The Morgan fingerprint density at radius 3 is 3.00 bits per heavy atom. The lowest BCUT2D eigenvalue weighted by atomic mass is 9.98. The average molecular weight is 276 g/mol. The van der Waals surface area contributed by atoms with Crippen molar-refractivity contribution in [3.8, 4) is 5.69 Å². The van der Waals surface area contributed by atoms with E-state index in [1.165, 1.54) is 16.9 Å². The maximum Gasteiger partial charge on any atom is 0.309 e. The molecule has 0 aliphatic carbocycles. The Balaban J connectivity index is 1.91. The van der Waals surface area contributed by atoms with E-state index in [2.05, 4.69) is 5.10 Å². The number of carboxylic acids is 1. The van der Waals surface area contributed by atoms with Crippen LogP contribution in [0.3, 0.4) is 0 Å². The minimum absolute atomic E-state index is 0.323. The van der Waals surface area contributed by atoms with Crippen molar-refractivity contribution in [3.05, 3.63) is 48.0 Å². The second-order valence-corrected chi connectivity index (χ2v) is 4.69. The third kappa shape index (κ3) is 2.18. The van der Waals surface area contributed by atoms with E-state index in [0.29, 0.717) is 24.3 Å². The lowest BCUT2D eigenvalue weighted by Crippen LogP contribution is -2.17. The van der Waals surface area contributed by atoms with Crippen LogP contribution in [-0.4, -0.2) is 27.5 Å². The van der Waals surface area contributed by atoms with Crippen molar-refractivity contribution < 1.29 is 19.0 Å². The van der Waals surface area contributed by atoms with E-state index in [1.54, 1.807) is 24.4 Å². The van der Waals surface area contributed by atoms with Gasteiger partial charge in [-0.25, -0.2) is 9.07 Å². The van der Waals surface area contributed by atoms with Crippen molar-refractivity contribution in [2.75, 3.05) is 6.61 Å². The number of hydrogen-bond acceptors (Lipinski definition) is 3. The summed E-state index contributed by atoms with van der Waals surface area (Å²) in [6.07, 6.45) is 3.10. The summed E-state index contributed by atoms with van der Waals surface area (Å²) in [5.41, 5.74) is 0.974. The summed E-state index contributed by atoms with van der Waals surface area (Å²) >= 11 is 0. The van der Waals surface area contributed by atoms with Crippen molar-refractivity contribution >= 4 is 5.97 Å². The molecule has 2 unspecified atom stereocenters. The van der Waals surface area contributed by atoms with Crippen LogP contribution in [0.4, 0.5) is 4.39 Å². The first kappa shape index (κ1) is 12.8. The highest BCUT2D eigenvalue weighted by atomic mass is 19.1. The summed E-state index contributed by atoms with van der Waals surface area (Å²) in [5, 5.41) is 13.2. The zero-order valence-electron chi connectivity index (χ0n) is 10.6. The Morgan fingerprint density at radius 1 is 1.45 bits per heavy atom. The minimum Gasteiger partial charge on any atom is -0.481 e. The lowest BCUT2D eigenvalue weighted by molar-refractivity contribution is -0.143. The van der Waals surface area contributed by atoms with E-state index in [0.717, 1.165) is 0 Å². The van der Waals surface area contributed by atoms with Crippen LogP contribution in [0.25, 0.3) is 5.69 Å². The molecule has 20 heavy (non-hydrogen) atoms. The Kier molecular flexibility index (Phi) is 3.23. The normalized spacial score (nSPS) is 22.1. The molecule has 2 heterocycles. The van der Waals surface area contributed by atoms with Crippen LogP contribution in [0.5, 0.6) is 0 Å². The van der Waals surface area contributed by atoms with Gasteiger partial charge < -0.3 is 9.84 Å². The Hall–Kier alpha value is -2.21. The molecule has 1 fully saturated rings. The van der Waals surface area contributed by atoms with Crippen LogP contribution in [0.1, 0.15) is 18.1 Å². The number of carbonyl (C=O) groups is 1. The number of halogens is 1. The molecule has 5 nitrogen and oxygen atoms in total. The van der Waals surface area contributed by atoms with E-state index in [1.807, 2.05) is 0 Å². The lowest BCUT2D eigenvalue weighted by Gasteiger charge is -2.12. The quantitative estimate of drug-likeness (QED) is 0.933. The Labute approximate surface area is 114 Å². The fourth-order valence-electron chi connectivity index (χ4n) is 2.42. The predicted molar refractivity (Wildman–Crippen MR) is 68.0 cm³/mol. The number of rotatable bonds is 3. The van der Waals surface area contributed by atoms with Gasteiger partial charge in [-0.05, 0) is 18.6 Å². The number of hydrogen-bond donors (Lipinski definition) is 1. The molecule has 1 aliphatic rings. The van der Waals surface area contributed by atoms with Crippen LogP contribution >= 0.6 is 0 Å². The number of carboxylic acid groups (broad SMARTS) is 1. The smallest absolute Gasteiger partial charge is 0.309 e. The van der Waals surface area contributed by atoms with Crippen molar-refractivity contribution in [1.29, 1.82) is 0 Å². The third-order valence-electron chi connectivity index (χ3n) is 3.44. The summed E-state index contributed by atoms with van der Waals surface area (Å²) in [6.45, 7) is 0.409. The molecule has 1 aromatic carbocycles. The summed E-state index contributed by atoms with van der Waals surface area (Å²) < 4.78 is 20.5. The maximum absolute atomic E-state index is 13.7. The van der Waals surface area contributed by atoms with Gasteiger partial charge in [-0.1, -0.05) is 12.1 Å². The zero-order chi connectivity index (χ0) is 14.1. The van der Waals surface area contributed by atoms with E-state index in [4.69, 9.17) is 9.84 Å². The number of nitrogens with zero attached hydrogens (tertiary/aromatic N) is 2. The third-order valence-corrected chi connectivity index (χ3v) is 3.44. The van der Waals surface area contributed by atoms with Gasteiger partial charge in [-0.15, -0.1) is 0 Å². The van der Waals surface area contributed by atoms with Crippen LogP contribution in [0.15, 0.2) is 36.7 Å². The van der Waals surface area contributed by atoms with Gasteiger partial charge in [-0.2, -0.15) is 5.10 Å². The number of ether oxygens (including phenoxy) is 1. The molecule has 1 N–H and O–H groups in total. The van der Waals surface area contributed by atoms with Gasteiger partial charge in [0.1, 0.15) is 11.5 Å². The van der Waals surface area contributed by atoms with Crippen molar-refractivity contribution in [1.82, 2.24) is 9.78 Å². The molecule has 6 heteroatoms. The highest BCUT2D eigenvalue weighted by Crippen LogP contribution is 2.34. The van der Waals surface area contributed by atoms with Gasteiger partial charge in [0, 0.05) is 18.4 Å². The van der Waals surface area contributed by atoms with E-state index >= 15 is 0 Å². The summed E-state index contributed by atoms with van der Waals surface area (Å²) in [7, 11) is 0. The first-order valence-electron chi connectivity index (χ1n) is 6.30.